The molecule has 1 aliphatic heterocycles. The van der Waals surface area contributed by atoms with E-state index in [4.69, 9.17) is 4.42 Å². The number of carbonyl (C=O) groups is 1. The van der Waals surface area contributed by atoms with Crippen LogP contribution in [0.5, 0.6) is 0 Å². The van der Waals surface area contributed by atoms with Crippen molar-refractivity contribution in [1.29, 1.82) is 0 Å². The first-order valence-corrected chi connectivity index (χ1v) is 7.86. The second-order valence-corrected chi connectivity index (χ2v) is 5.72. The molecule has 0 saturated carbocycles. The van der Waals surface area contributed by atoms with Crippen LogP contribution in [-0.4, -0.2) is 30.4 Å². The van der Waals surface area contributed by atoms with Gasteiger partial charge in [0.05, 0.1) is 6.04 Å². The van der Waals surface area contributed by atoms with Crippen LogP contribution < -0.4 is 5.32 Å². The highest BCUT2D eigenvalue weighted by molar-refractivity contribution is 5.92. The Morgan fingerprint density at radius 2 is 2.05 bits per heavy atom. The molecule has 1 aromatic heterocycles. The molecule has 1 aromatic carbocycles. The van der Waals surface area contributed by atoms with Gasteiger partial charge in [0.15, 0.2) is 5.76 Å². The Morgan fingerprint density at radius 1 is 1.27 bits per heavy atom. The third-order valence-corrected chi connectivity index (χ3v) is 4.23. The van der Waals surface area contributed by atoms with Crippen LogP contribution in [0, 0.1) is 6.92 Å². The molecule has 0 bridgehead atoms. The molecule has 2 aromatic rings. The van der Waals surface area contributed by atoms with Crippen molar-refractivity contribution in [3.05, 3.63) is 59.0 Å². The molecule has 116 valence electrons. The topological polar surface area (TPSA) is 45.5 Å². The van der Waals surface area contributed by atoms with Gasteiger partial charge in [-0.25, -0.2) is 0 Å². The van der Waals surface area contributed by atoms with Crippen LogP contribution in [-0.2, 0) is 6.42 Å². The minimum atomic E-state index is -0.0285. The fraction of sp³-hybridized carbons (Fsp3) is 0.389. The summed E-state index contributed by atoms with van der Waals surface area (Å²) < 4.78 is 5.51. The number of carbonyl (C=O) groups excluding carboxylic acids is 1. The molecule has 2 heterocycles. The van der Waals surface area contributed by atoms with Crippen molar-refractivity contribution >= 4 is 5.91 Å². The second-order valence-electron chi connectivity index (χ2n) is 5.72. The van der Waals surface area contributed by atoms with Crippen molar-refractivity contribution in [2.75, 3.05) is 19.6 Å². The zero-order valence-corrected chi connectivity index (χ0v) is 13.1. The minimum absolute atomic E-state index is 0.0285. The van der Waals surface area contributed by atoms with Gasteiger partial charge in [0.1, 0.15) is 5.76 Å². The van der Waals surface area contributed by atoms with Crippen LogP contribution in [0.3, 0.4) is 0 Å². The molecule has 4 heteroatoms. The predicted molar refractivity (Wildman–Crippen MR) is 85.9 cm³/mol. The summed E-state index contributed by atoms with van der Waals surface area (Å²) in [5.74, 6) is 1.16. The van der Waals surface area contributed by atoms with E-state index in [1.807, 2.05) is 17.9 Å². The first-order valence-electron chi connectivity index (χ1n) is 7.86. The van der Waals surface area contributed by atoms with E-state index in [0.29, 0.717) is 12.3 Å². The molecule has 1 N–H and O–H groups in total. The fourth-order valence-corrected chi connectivity index (χ4v) is 2.91. The Kier molecular flexibility index (Phi) is 4.29. The molecule has 0 spiro atoms. The van der Waals surface area contributed by atoms with E-state index in [2.05, 4.69) is 36.5 Å². The SMILES string of the molecule is CCc1ccc(C2CNCCN2C(=O)c2ccc(C)o2)cc1. The maximum absolute atomic E-state index is 12.7. The third-order valence-electron chi connectivity index (χ3n) is 4.23. The van der Waals surface area contributed by atoms with Crippen LogP contribution in [0.1, 0.15) is 40.4 Å². The van der Waals surface area contributed by atoms with E-state index in [1.165, 1.54) is 11.1 Å². The number of piperazine rings is 1. The van der Waals surface area contributed by atoms with Gasteiger partial charge < -0.3 is 14.6 Å². The van der Waals surface area contributed by atoms with Gasteiger partial charge in [0.2, 0.25) is 0 Å². The second kappa shape index (κ2) is 6.36. The molecule has 22 heavy (non-hydrogen) atoms. The number of nitrogens with one attached hydrogen (secondary N) is 1. The van der Waals surface area contributed by atoms with Gasteiger partial charge in [0.25, 0.3) is 5.91 Å². The van der Waals surface area contributed by atoms with Crippen molar-refractivity contribution in [3.63, 3.8) is 0 Å². The lowest BCUT2D eigenvalue weighted by atomic mass is 10.0. The summed E-state index contributed by atoms with van der Waals surface area (Å²) in [4.78, 5) is 14.6. The highest BCUT2D eigenvalue weighted by atomic mass is 16.3. The molecule has 1 unspecified atom stereocenters. The van der Waals surface area contributed by atoms with Gasteiger partial charge >= 0.3 is 0 Å². The van der Waals surface area contributed by atoms with Crippen LogP contribution in [0.15, 0.2) is 40.8 Å². The van der Waals surface area contributed by atoms with Gasteiger partial charge in [-0.15, -0.1) is 0 Å². The molecule has 1 amide bonds. The molecule has 1 saturated heterocycles. The van der Waals surface area contributed by atoms with E-state index in [1.54, 1.807) is 6.07 Å². The van der Waals surface area contributed by atoms with E-state index >= 15 is 0 Å². The number of furan rings is 1. The zero-order chi connectivity index (χ0) is 15.5. The number of benzene rings is 1. The van der Waals surface area contributed by atoms with Crippen LogP contribution in [0.4, 0.5) is 0 Å². The Morgan fingerprint density at radius 3 is 2.68 bits per heavy atom. The van der Waals surface area contributed by atoms with Crippen molar-refractivity contribution in [2.24, 2.45) is 0 Å². The van der Waals surface area contributed by atoms with Crippen molar-refractivity contribution < 1.29 is 9.21 Å². The Labute approximate surface area is 131 Å². The first kappa shape index (κ1) is 14.9. The maximum Gasteiger partial charge on any atom is 0.290 e. The van der Waals surface area contributed by atoms with Crippen molar-refractivity contribution in [3.8, 4) is 0 Å². The predicted octanol–water partition coefficient (Wildman–Crippen LogP) is 2.94. The summed E-state index contributed by atoms with van der Waals surface area (Å²) in [6.07, 6.45) is 1.03. The maximum atomic E-state index is 12.7. The fourth-order valence-electron chi connectivity index (χ4n) is 2.91. The molecule has 3 rings (SSSR count). The minimum Gasteiger partial charge on any atom is -0.456 e. The summed E-state index contributed by atoms with van der Waals surface area (Å²) >= 11 is 0. The largest absolute Gasteiger partial charge is 0.456 e. The van der Waals surface area contributed by atoms with Gasteiger partial charge in [-0.1, -0.05) is 31.2 Å². The molecular formula is C18H22N2O2. The summed E-state index contributed by atoms with van der Waals surface area (Å²) in [6, 6.07) is 12.2. The molecule has 1 aliphatic rings. The average molecular weight is 298 g/mol. The summed E-state index contributed by atoms with van der Waals surface area (Å²) in [7, 11) is 0. The molecule has 1 fully saturated rings. The number of hydrogen-bond donors (Lipinski definition) is 1. The first-order chi connectivity index (χ1) is 10.7. The molecule has 1 atom stereocenters. The Balaban J connectivity index is 1.85. The van der Waals surface area contributed by atoms with Gasteiger partial charge in [-0.2, -0.15) is 0 Å². The van der Waals surface area contributed by atoms with Crippen LogP contribution in [0.2, 0.25) is 0 Å². The van der Waals surface area contributed by atoms with Gasteiger partial charge in [-0.05, 0) is 36.6 Å². The summed E-state index contributed by atoms with van der Waals surface area (Å²) in [5.41, 5.74) is 2.48. The smallest absolute Gasteiger partial charge is 0.290 e. The zero-order valence-electron chi connectivity index (χ0n) is 13.1. The normalized spacial score (nSPS) is 18.5. The number of hydrogen-bond acceptors (Lipinski definition) is 3. The molecule has 0 radical (unpaired) electrons. The lowest BCUT2D eigenvalue weighted by molar-refractivity contribution is 0.0600. The Bertz CT molecular complexity index is 645. The van der Waals surface area contributed by atoms with E-state index < -0.39 is 0 Å². The number of amides is 1. The van der Waals surface area contributed by atoms with E-state index in [9.17, 15) is 4.79 Å². The average Bonchev–Trinajstić information content (AvgIpc) is 3.01. The monoisotopic (exact) mass is 298 g/mol. The highest BCUT2D eigenvalue weighted by Gasteiger charge is 2.30. The summed E-state index contributed by atoms with van der Waals surface area (Å²) in [6.45, 7) is 6.28. The van der Waals surface area contributed by atoms with Gasteiger partial charge in [0, 0.05) is 19.6 Å². The lowest BCUT2D eigenvalue weighted by Crippen LogP contribution is -2.48. The van der Waals surface area contributed by atoms with E-state index in [0.717, 1.165) is 25.3 Å². The molecular weight excluding hydrogens is 276 g/mol. The number of aryl methyl sites for hydroxylation is 2. The molecule has 4 nitrogen and oxygen atoms in total. The lowest BCUT2D eigenvalue weighted by Gasteiger charge is -2.36. The number of nitrogens with zero attached hydrogens (tertiary/aromatic N) is 1. The Hall–Kier alpha value is -2.07. The number of rotatable bonds is 3. The third kappa shape index (κ3) is 2.92. The molecule has 0 aliphatic carbocycles. The highest BCUT2D eigenvalue weighted by Crippen LogP contribution is 2.25. The van der Waals surface area contributed by atoms with Crippen molar-refractivity contribution in [1.82, 2.24) is 10.2 Å². The quantitative estimate of drug-likeness (QED) is 0.947. The van der Waals surface area contributed by atoms with Crippen molar-refractivity contribution in [2.45, 2.75) is 26.3 Å². The van der Waals surface area contributed by atoms with Crippen LogP contribution in [0.25, 0.3) is 0 Å². The summed E-state index contributed by atoms with van der Waals surface area (Å²) in [5, 5.41) is 3.38. The van der Waals surface area contributed by atoms with E-state index in [-0.39, 0.29) is 11.9 Å². The standard InChI is InChI=1S/C18H22N2O2/c1-3-14-5-7-15(8-6-14)16-12-19-10-11-20(16)18(21)17-9-4-13(2)22-17/h4-9,16,19H,3,10-12H2,1-2H3. The van der Waals surface area contributed by atoms with Crippen LogP contribution >= 0.6 is 0 Å². The van der Waals surface area contributed by atoms with Gasteiger partial charge in [-0.3, -0.25) is 4.79 Å².